The second kappa shape index (κ2) is 8.56. The van der Waals surface area contributed by atoms with Gasteiger partial charge in [-0.3, -0.25) is 9.89 Å². The van der Waals surface area contributed by atoms with E-state index in [2.05, 4.69) is 28.6 Å². The second-order valence-corrected chi connectivity index (χ2v) is 6.23. The first-order chi connectivity index (χ1) is 10.2. The Hall–Kier alpha value is -0.850. The molecule has 2 fully saturated rings. The first-order valence-electron chi connectivity index (χ1n) is 8.11. The van der Waals surface area contributed by atoms with E-state index >= 15 is 0 Å². The molecule has 2 aliphatic heterocycles. The predicted molar refractivity (Wildman–Crippen MR) is 84.5 cm³/mol. The molecule has 0 aromatic rings. The Morgan fingerprint density at radius 2 is 1.62 bits per heavy atom. The number of ether oxygens (including phenoxy) is 2. The van der Waals surface area contributed by atoms with Gasteiger partial charge in [-0.2, -0.15) is 0 Å². The van der Waals surface area contributed by atoms with Crippen molar-refractivity contribution >= 4 is 5.96 Å². The molecule has 122 valence electrons. The number of nitrogens with two attached hydrogens (primary N) is 1. The summed E-state index contributed by atoms with van der Waals surface area (Å²) in [6.45, 7) is 12.2. The average molecular weight is 298 g/mol. The summed E-state index contributed by atoms with van der Waals surface area (Å²) in [5.41, 5.74) is 6.13. The van der Waals surface area contributed by atoms with E-state index in [1.807, 2.05) is 0 Å². The normalized spacial score (nSPS) is 23.6. The summed E-state index contributed by atoms with van der Waals surface area (Å²) in [7, 11) is 0. The number of hydrogen-bond donors (Lipinski definition) is 1. The van der Waals surface area contributed by atoms with E-state index in [0.29, 0.717) is 17.9 Å². The Bertz CT molecular complexity index is 324. The fraction of sp³-hybridized carbons (Fsp3) is 0.933. The van der Waals surface area contributed by atoms with Crippen molar-refractivity contribution in [3.63, 3.8) is 0 Å². The van der Waals surface area contributed by atoms with E-state index in [-0.39, 0.29) is 0 Å². The van der Waals surface area contributed by atoms with Crippen LogP contribution >= 0.6 is 0 Å². The molecule has 0 radical (unpaired) electrons. The number of hydrogen-bond acceptors (Lipinski definition) is 4. The van der Waals surface area contributed by atoms with Crippen molar-refractivity contribution < 1.29 is 9.47 Å². The Morgan fingerprint density at radius 1 is 1.05 bits per heavy atom. The summed E-state index contributed by atoms with van der Waals surface area (Å²) in [6.07, 6.45) is 1.15. The highest BCUT2D eigenvalue weighted by Gasteiger charge is 2.22. The molecule has 21 heavy (non-hydrogen) atoms. The van der Waals surface area contributed by atoms with Gasteiger partial charge in [0.25, 0.3) is 0 Å². The number of guanidine groups is 1. The molecule has 0 amide bonds. The molecule has 2 N–H and O–H groups in total. The average Bonchev–Trinajstić information content (AvgIpc) is 2.52. The third kappa shape index (κ3) is 5.45. The minimum atomic E-state index is 0.466. The predicted octanol–water partition coefficient (Wildman–Crippen LogP) is 0.380. The van der Waals surface area contributed by atoms with E-state index in [9.17, 15) is 0 Å². The molecule has 6 heteroatoms. The molecule has 6 nitrogen and oxygen atoms in total. The maximum Gasteiger partial charge on any atom is 0.191 e. The Kier molecular flexibility index (Phi) is 6.73. The van der Waals surface area contributed by atoms with Gasteiger partial charge in [-0.25, -0.2) is 0 Å². The number of morpholine rings is 2. The van der Waals surface area contributed by atoms with Gasteiger partial charge in [-0.15, -0.1) is 0 Å². The molecule has 2 rings (SSSR count). The fourth-order valence-corrected chi connectivity index (χ4v) is 2.92. The number of rotatable bonds is 5. The van der Waals surface area contributed by atoms with Gasteiger partial charge < -0.3 is 20.1 Å². The molecule has 2 heterocycles. The van der Waals surface area contributed by atoms with Gasteiger partial charge in [-0.1, -0.05) is 13.8 Å². The second-order valence-electron chi connectivity index (χ2n) is 6.23. The third-order valence-corrected chi connectivity index (χ3v) is 4.10. The van der Waals surface area contributed by atoms with Crippen molar-refractivity contribution in [1.29, 1.82) is 0 Å². The summed E-state index contributed by atoms with van der Waals surface area (Å²) in [5, 5.41) is 0. The van der Waals surface area contributed by atoms with Crippen LogP contribution in [0.4, 0.5) is 0 Å². The largest absolute Gasteiger partial charge is 0.379 e. The van der Waals surface area contributed by atoms with E-state index in [0.717, 1.165) is 65.6 Å². The Morgan fingerprint density at radius 3 is 2.19 bits per heavy atom. The number of aliphatic imine (C=N–C) groups is 1. The molecule has 0 aromatic carbocycles. The smallest absolute Gasteiger partial charge is 0.191 e. The maximum atomic E-state index is 6.13. The molecular weight excluding hydrogens is 268 g/mol. The number of nitrogens with zero attached hydrogens (tertiary/aromatic N) is 3. The highest BCUT2D eigenvalue weighted by Crippen LogP contribution is 2.14. The third-order valence-electron chi connectivity index (χ3n) is 4.10. The van der Waals surface area contributed by atoms with Gasteiger partial charge in [0.1, 0.15) is 0 Å². The van der Waals surface area contributed by atoms with Crippen LogP contribution in [-0.4, -0.2) is 81.0 Å². The topological polar surface area (TPSA) is 63.3 Å². The van der Waals surface area contributed by atoms with Crippen molar-refractivity contribution in [2.45, 2.75) is 26.3 Å². The molecular formula is C15H30N4O2. The summed E-state index contributed by atoms with van der Waals surface area (Å²) < 4.78 is 10.8. The van der Waals surface area contributed by atoms with Crippen molar-refractivity contribution in [1.82, 2.24) is 9.80 Å². The van der Waals surface area contributed by atoms with Crippen LogP contribution in [0.2, 0.25) is 0 Å². The lowest BCUT2D eigenvalue weighted by Crippen LogP contribution is -2.47. The molecule has 2 aliphatic rings. The van der Waals surface area contributed by atoms with Gasteiger partial charge in [0.15, 0.2) is 5.96 Å². The van der Waals surface area contributed by atoms with Crippen LogP contribution in [-0.2, 0) is 9.47 Å². The summed E-state index contributed by atoms with van der Waals surface area (Å²) >= 11 is 0. The SMILES string of the molecule is CC(C)CC(CN=C(N)N1CCOCC1)N1CCOCC1. The van der Waals surface area contributed by atoms with Gasteiger partial charge in [0.2, 0.25) is 0 Å². The van der Waals surface area contributed by atoms with Gasteiger partial charge in [-0.05, 0) is 12.3 Å². The van der Waals surface area contributed by atoms with Crippen LogP contribution in [0.15, 0.2) is 4.99 Å². The molecule has 0 spiro atoms. The van der Waals surface area contributed by atoms with Crippen LogP contribution in [0.1, 0.15) is 20.3 Å². The van der Waals surface area contributed by atoms with Crippen molar-refractivity contribution in [2.75, 3.05) is 59.2 Å². The van der Waals surface area contributed by atoms with Gasteiger partial charge in [0, 0.05) is 32.2 Å². The van der Waals surface area contributed by atoms with Crippen molar-refractivity contribution in [3.8, 4) is 0 Å². The van der Waals surface area contributed by atoms with E-state index < -0.39 is 0 Å². The van der Waals surface area contributed by atoms with Crippen molar-refractivity contribution in [2.24, 2.45) is 16.6 Å². The quantitative estimate of drug-likeness (QED) is 0.587. The zero-order chi connectivity index (χ0) is 15.1. The highest BCUT2D eigenvalue weighted by molar-refractivity contribution is 5.78. The minimum absolute atomic E-state index is 0.466. The lowest BCUT2D eigenvalue weighted by molar-refractivity contribution is 0.0142. The zero-order valence-corrected chi connectivity index (χ0v) is 13.5. The molecule has 1 atom stereocenters. The first-order valence-corrected chi connectivity index (χ1v) is 8.11. The monoisotopic (exact) mass is 298 g/mol. The highest BCUT2D eigenvalue weighted by atomic mass is 16.5. The molecule has 2 saturated heterocycles. The molecule has 0 aromatic heterocycles. The maximum absolute atomic E-state index is 6.13. The van der Waals surface area contributed by atoms with E-state index in [1.165, 1.54) is 0 Å². The molecule has 0 bridgehead atoms. The van der Waals surface area contributed by atoms with E-state index in [4.69, 9.17) is 15.2 Å². The fourth-order valence-electron chi connectivity index (χ4n) is 2.92. The van der Waals surface area contributed by atoms with Gasteiger partial charge >= 0.3 is 0 Å². The van der Waals surface area contributed by atoms with Crippen LogP contribution in [0.25, 0.3) is 0 Å². The van der Waals surface area contributed by atoms with Crippen LogP contribution in [0.3, 0.4) is 0 Å². The van der Waals surface area contributed by atoms with Crippen LogP contribution < -0.4 is 5.73 Å². The standard InChI is InChI=1S/C15H30N4O2/c1-13(2)11-14(18-3-7-20-8-4-18)12-17-15(16)19-5-9-21-10-6-19/h13-14H,3-12H2,1-2H3,(H2,16,17). The summed E-state index contributed by atoms with van der Waals surface area (Å²) in [5.74, 6) is 1.33. The Labute approximate surface area is 128 Å². The lowest BCUT2D eigenvalue weighted by atomic mass is 10.0. The molecule has 1 unspecified atom stereocenters. The van der Waals surface area contributed by atoms with Crippen LogP contribution in [0.5, 0.6) is 0 Å². The lowest BCUT2D eigenvalue weighted by Gasteiger charge is -2.35. The van der Waals surface area contributed by atoms with E-state index in [1.54, 1.807) is 0 Å². The first kappa shape index (κ1) is 16.5. The molecule has 0 saturated carbocycles. The minimum Gasteiger partial charge on any atom is -0.379 e. The van der Waals surface area contributed by atoms with Crippen molar-refractivity contribution in [3.05, 3.63) is 0 Å². The van der Waals surface area contributed by atoms with Gasteiger partial charge in [0.05, 0.1) is 33.0 Å². The Balaban J connectivity index is 1.90. The zero-order valence-electron chi connectivity index (χ0n) is 13.5. The molecule has 0 aliphatic carbocycles. The van der Waals surface area contributed by atoms with Crippen LogP contribution in [0, 0.1) is 5.92 Å². The summed E-state index contributed by atoms with van der Waals surface area (Å²) in [4.78, 5) is 9.28. The summed E-state index contributed by atoms with van der Waals surface area (Å²) in [6, 6.07) is 0.466.